The quantitative estimate of drug-likeness (QED) is 0.166. The van der Waals surface area contributed by atoms with Crippen molar-refractivity contribution < 1.29 is 32.6 Å². The van der Waals surface area contributed by atoms with Crippen LogP contribution in [0.1, 0.15) is 39.5 Å². The second-order valence-corrected chi connectivity index (χ2v) is 12.5. The number of alkyl halides is 3. The predicted molar refractivity (Wildman–Crippen MR) is 173 cm³/mol. The maximum atomic E-state index is 15.1. The molecule has 236 valence electrons. The summed E-state index contributed by atoms with van der Waals surface area (Å²) < 4.78 is 52.8. The molecular weight excluding hydrogens is 710 g/mol. The van der Waals surface area contributed by atoms with E-state index in [0.29, 0.717) is 37.7 Å². The van der Waals surface area contributed by atoms with Crippen LogP contribution < -0.4 is 10.1 Å². The van der Waals surface area contributed by atoms with Crippen LogP contribution in [-0.2, 0) is 17.4 Å². The van der Waals surface area contributed by atoms with Crippen LogP contribution in [0.3, 0.4) is 0 Å². The third-order valence-corrected chi connectivity index (χ3v) is 8.89. The zero-order valence-corrected chi connectivity index (χ0v) is 27.0. The molecular formula is C33H23BrCl2F3N3O4. The number of hydrogen-bond donors (Lipinski definition) is 2. The number of nitrogens with zero attached hydrogens (tertiary/aromatic N) is 2. The molecule has 0 aliphatic carbocycles. The Morgan fingerprint density at radius 3 is 2.37 bits per heavy atom. The van der Waals surface area contributed by atoms with Gasteiger partial charge in [0.15, 0.2) is 0 Å². The molecule has 46 heavy (non-hydrogen) atoms. The molecule has 2 heterocycles. The highest BCUT2D eigenvalue weighted by Gasteiger charge is 2.46. The molecule has 1 aromatic heterocycles. The number of fused-ring (bicyclic) bond motifs is 5. The number of carboxylic acids is 1. The van der Waals surface area contributed by atoms with E-state index in [1.807, 2.05) is 6.07 Å². The number of ether oxygens (including phenoxy) is 1. The smallest absolute Gasteiger partial charge is 0.420 e. The van der Waals surface area contributed by atoms with Crippen molar-refractivity contribution in [3.05, 3.63) is 104 Å². The Kier molecular flexibility index (Phi) is 8.51. The fourth-order valence-electron chi connectivity index (χ4n) is 5.85. The average Bonchev–Trinajstić information content (AvgIpc) is 3.53. The standard InChI is InChI=1S/C33H23BrCl2F3N3O4/c1-46-22-6-7-23-18(13-22)14-24(34)28-25(10-16-2-4-17(5-3-16)32(45)40-9-8-26(43)44)42-31(27(23)28)29(33(37,38)39)30(41-42)19-11-20(35)15-21(36)12-19/h2-7,11-15,25H,8-10H2,1H3,(H,40,45)(H,43,44). The van der Waals surface area contributed by atoms with Crippen molar-refractivity contribution in [1.29, 1.82) is 0 Å². The summed E-state index contributed by atoms with van der Waals surface area (Å²) in [4.78, 5) is 23.3. The van der Waals surface area contributed by atoms with Crippen molar-refractivity contribution in [2.45, 2.75) is 25.1 Å². The van der Waals surface area contributed by atoms with E-state index < -0.39 is 29.7 Å². The third-order valence-electron chi connectivity index (χ3n) is 7.80. The van der Waals surface area contributed by atoms with Gasteiger partial charge in [-0.15, -0.1) is 0 Å². The van der Waals surface area contributed by atoms with E-state index >= 15 is 13.2 Å². The maximum absolute atomic E-state index is 15.1. The van der Waals surface area contributed by atoms with Crippen LogP contribution in [0.5, 0.6) is 5.75 Å². The van der Waals surface area contributed by atoms with Gasteiger partial charge in [-0.2, -0.15) is 18.3 Å². The van der Waals surface area contributed by atoms with E-state index in [-0.39, 0.29) is 46.4 Å². The molecule has 1 unspecified atom stereocenters. The van der Waals surface area contributed by atoms with Crippen LogP contribution in [0.2, 0.25) is 10.0 Å². The number of aliphatic carboxylic acids is 1. The Bertz CT molecular complexity index is 2010. The second kappa shape index (κ2) is 12.3. The Morgan fingerprint density at radius 1 is 1.04 bits per heavy atom. The minimum Gasteiger partial charge on any atom is -0.497 e. The van der Waals surface area contributed by atoms with Crippen molar-refractivity contribution in [3.63, 3.8) is 0 Å². The zero-order chi connectivity index (χ0) is 32.9. The average molecular weight is 733 g/mol. The lowest BCUT2D eigenvalue weighted by atomic mass is 9.91. The minimum absolute atomic E-state index is 0.0214. The van der Waals surface area contributed by atoms with Crippen LogP contribution >= 0.6 is 39.1 Å². The van der Waals surface area contributed by atoms with Crippen LogP contribution in [0.15, 0.2) is 71.2 Å². The number of halogens is 6. The van der Waals surface area contributed by atoms with Crippen molar-refractivity contribution in [2.75, 3.05) is 13.7 Å². The highest BCUT2D eigenvalue weighted by Crippen LogP contribution is 2.54. The Balaban J connectivity index is 1.52. The molecule has 0 bridgehead atoms. The van der Waals surface area contributed by atoms with Gasteiger partial charge in [-0.25, -0.2) is 0 Å². The number of benzene rings is 4. The first-order chi connectivity index (χ1) is 21.8. The first kappa shape index (κ1) is 31.9. The monoisotopic (exact) mass is 731 g/mol. The molecule has 7 nitrogen and oxygen atoms in total. The summed E-state index contributed by atoms with van der Waals surface area (Å²) >= 11 is 16.1. The number of carbonyl (C=O) groups is 2. The van der Waals surface area contributed by atoms with Crippen LogP contribution in [-0.4, -0.2) is 40.4 Å². The molecule has 4 aromatic carbocycles. The van der Waals surface area contributed by atoms with E-state index in [9.17, 15) is 9.59 Å². The van der Waals surface area contributed by atoms with Gasteiger partial charge in [0.1, 0.15) is 17.0 Å². The number of amides is 1. The molecule has 1 amide bonds. The van der Waals surface area contributed by atoms with Crippen molar-refractivity contribution >= 4 is 61.8 Å². The lowest BCUT2D eigenvalue weighted by Crippen LogP contribution is -2.25. The van der Waals surface area contributed by atoms with Crippen molar-refractivity contribution in [2.24, 2.45) is 0 Å². The predicted octanol–water partition coefficient (Wildman–Crippen LogP) is 8.82. The van der Waals surface area contributed by atoms with E-state index in [2.05, 4.69) is 26.3 Å². The van der Waals surface area contributed by atoms with Crippen molar-refractivity contribution in [1.82, 2.24) is 15.1 Å². The Morgan fingerprint density at radius 2 is 1.74 bits per heavy atom. The Hall–Kier alpha value is -4.06. The van der Waals surface area contributed by atoms with E-state index in [1.165, 1.54) is 30.0 Å². The fourth-order valence-corrected chi connectivity index (χ4v) is 7.08. The summed E-state index contributed by atoms with van der Waals surface area (Å²) in [6, 6.07) is 17.3. The normalized spacial score (nSPS) is 13.8. The number of hydrogen-bond acceptors (Lipinski definition) is 4. The largest absolute Gasteiger partial charge is 0.497 e. The maximum Gasteiger partial charge on any atom is 0.420 e. The molecule has 1 aliphatic heterocycles. The minimum atomic E-state index is -4.79. The molecule has 6 rings (SSSR count). The van der Waals surface area contributed by atoms with E-state index in [0.717, 1.165) is 5.56 Å². The molecule has 2 N–H and O–H groups in total. The van der Waals surface area contributed by atoms with Crippen molar-refractivity contribution in [3.8, 4) is 28.3 Å². The van der Waals surface area contributed by atoms with Crippen LogP contribution in [0, 0.1) is 0 Å². The number of carbonyl (C=O) groups excluding carboxylic acids is 1. The van der Waals surface area contributed by atoms with Gasteiger partial charge in [0.25, 0.3) is 5.91 Å². The summed E-state index contributed by atoms with van der Waals surface area (Å²) in [5, 5.41) is 17.6. The second-order valence-electron chi connectivity index (χ2n) is 10.7. The fraction of sp³-hybridized carbons (Fsp3) is 0.182. The van der Waals surface area contributed by atoms with Crippen LogP contribution in [0.4, 0.5) is 13.2 Å². The van der Waals surface area contributed by atoms with Gasteiger partial charge in [0.05, 0.1) is 25.3 Å². The summed E-state index contributed by atoms with van der Waals surface area (Å²) in [6.07, 6.45) is -4.76. The lowest BCUT2D eigenvalue weighted by Gasteiger charge is -2.18. The van der Waals surface area contributed by atoms with Gasteiger partial charge in [-0.3, -0.25) is 14.3 Å². The lowest BCUT2D eigenvalue weighted by molar-refractivity contribution is -0.137. The number of aromatic nitrogens is 2. The van der Waals surface area contributed by atoms with Gasteiger partial charge in [0, 0.05) is 43.3 Å². The van der Waals surface area contributed by atoms with E-state index in [1.54, 1.807) is 42.5 Å². The molecule has 0 radical (unpaired) electrons. The van der Waals surface area contributed by atoms with E-state index in [4.69, 9.17) is 33.0 Å². The Labute approximate surface area is 279 Å². The van der Waals surface area contributed by atoms with Gasteiger partial charge < -0.3 is 15.2 Å². The van der Waals surface area contributed by atoms with Crippen LogP contribution in [0.25, 0.3) is 33.3 Å². The molecule has 5 aromatic rings. The summed E-state index contributed by atoms with van der Waals surface area (Å²) in [5.41, 5.74) is 0.944. The number of methoxy groups -OCH3 is 1. The first-order valence-electron chi connectivity index (χ1n) is 13.9. The summed E-state index contributed by atoms with van der Waals surface area (Å²) in [7, 11) is 1.52. The SMILES string of the molecule is COc1ccc2c3c(c(Br)cc2c1)C(Cc1ccc(C(=O)NCCC(=O)O)cc1)n1nc(-c2cc(Cl)cc(Cl)c2)c(C(F)(F)F)c1-3. The molecule has 0 saturated carbocycles. The summed E-state index contributed by atoms with van der Waals surface area (Å²) in [6.45, 7) is -0.0214. The molecule has 13 heteroatoms. The molecule has 1 atom stereocenters. The highest BCUT2D eigenvalue weighted by molar-refractivity contribution is 9.10. The molecule has 1 aliphatic rings. The highest BCUT2D eigenvalue weighted by atomic mass is 79.9. The topological polar surface area (TPSA) is 93.5 Å². The molecule has 0 spiro atoms. The number of nitrogens with one attached hydrogen (secondary N) is 1. The van der Waals surface area contributed by atoms with Gasteiger partial charge in [-0.05, 0) is 71.3 Å². The van der Waals surface area contributed by atoms with Gasteiger partial charge in [-0.1, -0.05) is 57.3 Å². The summed E-state index contributed by atoms with van der Waals surface area (Å²) in [5.74, 6) is -0.906. The molecule has 0 saturated heterocycles. The number of carboxylic acid groups (broad SMARTS) is 1. The zero-order valence-electron chi connectivity index (χ0n) is 23.9. The third kappa shape index (κ3) is 5.94. The first-order valence-corrected chi connectivity index (χ1v) is 15.5. The van der Waals surface area contributed by atoms with Gasteiger partial charge in [0.2, 0.25) is 0 Å². The van der Waals surface area contributed by atoms with Gasteiger partial charge >= 0.3 is 12.1 Å². The molecule has 0 fully saturated rings. The number of rotatable bonds is 8.